The fourth-order valence-corrected chi connectivity index (χ4v) is 4.79. The van der Waals surface area contributed by atoms with Crippen LogP contribution in [-0.4, -0.2) is 60.3 Å². The summed E-state index contributed by atoms with van der Waals surface area (Å²) < 4.78 is 23.8. The second-order valence-corrected chi connectivity index (χ2v) is 9.18. The molecule has 0 aromatic rings. The SMILES string of the molecule is CO[C@@H]1[C@@H]([C@@]2(C)O[C@H]2CC=C(C)C)[C@@]2(CC[C@H]1OC(=O)/C=C/C=C/C=C/C=C/C(=O)O)CO2. The van der Waals surface area contributed by atoms with Gasteiger partial charge in [0.25, 0.3) is 0 Å². The average Bonchev–Trinajstić information content (AvgIpc) is 3.67. The van der Waals surface area contributed by atoms with Crippen molar-refractivity contribution in [1.29, 1.82) is 0 Å². The van der Waals surface area contributed by atoms with Crippen LogP contribution in [-0.2, 0) is 28.5 Å². The summed E-state index contributed by atoms with van der Waals surface area (Å²) in [5.74, 6) is -1.45. The average molecular weight is 459 g/mol. The standard InChI is InChI=1S/C26H34O7/c1-18(2)13-14-20-25(3,33-20)24-23(30-4)19(15-16-26(24)17-31-26)32-22(29)12-10-8-6-5-7-9-11-21(27)28/h5-13,19-20,23-24H,14-17H2,1-4H3,(H,27,28)/b7-5+,8-6+,11-9+,12-10+/t19-,20+,23+,24+,25+,26-/m1/s1. The maximum absolute atomic E-state index is 12.4. The van der Waals surface area contributed by atoms with Crippen molar-refractivity contribution in [3.8, 4) is 0 Å². The molecule has 0 aromatic heterocycles. The van der Waals surface area contributed by atoms with Crippen LogP contribution in [0.1, 0.15) is 40.0 Å². The summed E-state index contributed by atoms with van der Waals surface area (Å²) in [5.41, 5.74) is 0.642. The lowest BCUT2D eigenvalue weighted by Crippen LogP contribution is -2.55. The van der Waals surface area contributed by atoms with E-state index in [1.165, 1.54) is 17.7 Å². The van der Waals surface area contributed by atoms with E-state index in [0.717, 1.165) is 18.9 Å². The number of ether oxygens (including phenoxy) is 4. The van der Waals surface area contributed by atoms with Gasteiger partial charge < -0.3 is 24.1 Å². The van der Waals surface area contributed by atoms with Crippen molar-refractivity contribution >= 4 is 11.9 Å². The van der Waals surface area contributed by atoms with E-state index in [4.69, 9.17) is 24.1 Å². The molecule has 2 aliphatic heterocycles. The molecule has 180 valence electrons. The molecule has 2 heterocycles. The number of carboxylic acid groups (broad SMARTS) is 1. The van der Waals surface area contributed by atoms with Crippen LogP contribution in [0.3, 0.4) is 0 Å². The first-order valence-electron chi connectivity index (χ1n) is 11.3. The molecule has 1 aliphatic carbocycles. The third-order valence-corrected chi connectivity index (χ3v) is 6.53. The Morgan fingerprint density at radius 2 is 1.73 bits per heavy atom. The number of methoxy groups -OCH3 is 1. The van der Waals surface area contributed by atoms with Crippen molar-refractivity contribution in [1.82, 2.24) is 0 Å². The first kappa shape index (κ1) is 25.1. The summed E-state index contributed by atoms with van der Waals surface area (Å²) in [7, 11) is 1.65. The Hall–Kier alpha value is -2.48. The minimum Gasteiger partial charge on any atom is -0.478 e. The summed E-state index contributed by atoms with van der Waals surface area (Å²) in [6, 6.07) is 0. The number of carbonyl (C=O) groups excluding carboxylic acids is 1. The van der Waals surface area contributed by atoms with E-state index in [0.29, 0.717) is 13.0 Å². The third kappa shape index (κ3) is 6.31. The summed E-state index contributed by atoms with van der Waals surface area (Å²) >= 11 is 0. The molecule has 7 nitrogen and oxygen atoms in total. The second-order valence-electron chi connectivity index (χ2n) is 9.18. The van der Waals surface area contributed by atoms with Crippen LogP contribution in [0.4, 0.5) is 0 Å². The summed E-state index contributed by atoms with van der Waals surface area (Å²) in [6.07, 6.45) is 16.0. The van der Waals surface area contributed by atoms with Gasteiger partial charge >= 0.3 is 11.9 Å². The van der Waals surface area contributed by atoms with Crippen LogP contribution >= 0.6 is 0 Å². The van der Waals surface area contributed by atoms with Gasteiger partial charge in [0.05, 0.1) is 18.6 Å². The molecular formula is C26H34O7. The van der Waals surface area contributed by atoms with Gasteiger partial charge in [0, 0.05) is 19.3 Å². The molecule has 3 rings (SSSR count). The van der Waals surface area contributed by atoms with E-state index >= 15 is 0 Å². The highest BCUT2D eigenvalue weighted by Gasteiger charge is 2.72. The van der Waals surface area contributed by atoms with E-state index in [9.17, 15) is 9.59 Å². The molecule has 3 fully saturated rings. The maximum atomic E-state index is 12.4. The van der Waals surface area contributed by atoms with Crippen molar-refractivity contribution in [3.05, 3.63) is 60.3 Å². The number of epoxide rings is 2. The Morgan fingerprint density at radius 3 is 2.30 bits per heavy atom. The molecule has 0 amide bonds. The van der Waals surface area contributed by atoms with Gasteiger partial charge in [-0.05, 0) is 40.0 Å². The quantitative estimate of drug-likeness (QED) is 0.174. The molecule has 6 atom stereocenters. The lowest BCUT2D eigenvalue weighted by molar-refractivity contribution is -0.166. The largest absolute Gasteiger partial charge is 0.478 e. The molecule has 7 heteroatoms. The molecule has 0 radical (unpaired) electrons. The number of esters is 1. The lowest BCUT2D eigenvalue weighted by Gasteiger charge is -2.42. The normalized spacial score (nSPS) is 35.6. The van der Waals surface area contributed by atoms with E-state index < -0.39 is 11.9 Å². The lowest BCUT2D eigenvalue weighted by atomic mass is 9.68. The summed E-state index contributed by atoms with van der Waals surface area (Å²) in [6.45, 7) is 6.96. The number of aliphatic carboxylic acids is 1. The minimum atomic E-state index is -1.00. The highest BCUT2D eigenvalue weighted by molar-refractivity contribution is 5.82. The van der Waals surface area contributed by atoms with Gasteiger partial charge in [0.1, 0.15) is 23.4 Å². The first-order chi connectivity index (χ1) is 15.7. The van der Waals surface area contributed by atoms with Crippen molar-refractivity contribution < 1.29 is 33.6 Å². The first-order valence-corrected chi connectivity index (χ1v) is 11.3. The Balaban J connectivity index is 1.59. The molecule has 33 heavy (non-hydrogen) atoms. The zero-order valence-electron chi connectivity index (χ0n) is 19.7. The zero-order valence-corrected chi connectivity index (χ0v) is 19.7. The fraction of sp³-hybridized carbons (Fsp3) is 0.538. The minimum absolute atomic E-state index is 0.00928. The van der Waals surface area contributed by atoms with Crippen molar-refractivity contribution in [2.24, 2.45) is 5.92 Å². The van der Waals surface area contributed by atoms with E-state index in [1.54, 1.807) is 37.5 Å². The van der Waals surface area contributed by atoms with Gasteiger partial charge in [-0.25, -0.2) is 9.59 Å². The van der Waals surface area contributed by atoms with E-state index in [-0.39, 0.29) is 35.4 Å². The summed E-state index contributed by atoms with van der Waals surface area (Å²) in [4.78, 5) is 22.8. The predicted molar refractivity (Wildman–Crippen MR) is 124 cm³/mol. The highest BCUT2D eigenvalue weighted by Crippen LogP contribution is 2.59. The molecule has 1 N–H and O–H groups in total. The third-order valence-electron chi connectivity index (χ3n) is 6.53. The van der Waals surface area contributed by atoms with Gasteiger partial charge in [-0.3, -0.25) is 0 Å². The van der Waals surface area contributed by atoms with Crippen LogP contribution < -0.4 is 0 Å². The summed E-state index contributed by atoms with van der Waals surface area (Å²) in [5, 5.41) is 8.51. The number of allylic oxidation sites excluding steroid dienone is 7. The molecule has 0 unspecified atom stereocenters. The number of carbonyl (C=O) groups is 2. The molecule has 0 bridgehead atoms. The van der Waals surface area contributed by atoms with Crippen LogP contribution in [0.5, 0.6) is 0 Å². The van der Waals surface area contributed by atoms with Crippen LogP contribution in [0.25, 0.3) is 0 Å². The highest BCUT2D eigenvalue weighted by atomic mass is 16.6. The van der Waals surface area contributed by atoms with Crippen molar-refractivity contribution in [2.75, 3.05) is 13.7 Å². The van der Waals surface area contributed by atoms with Crippen LogP contribution in [0.2, 0.25) is 0 Å². The number of rotatable bonds is 10. The molecule has 2 saturated heterocycles. The molecule has 1 saturated carbocycles. The predicted octanol–water partition coefficient (Wildman–Crippen LogP) is 3.92. The van der Waals surface area contributed by atoms with Gasteiger partial charge in [0.2, 0.25) is 0 Å². The Morgan fingerprint density at radius 1 is 1.09 bits per heavy atom. The van der Waals surface area contributed by atoms with Crippen LogP contribution in [0, 0.1) is 5.92 Å². The number of hydrogen-bond acceptors (Lipinski definition) is 6. The van der Waals surface area contributed by atoms with Crippen molar-refractivity contribution in [2.45, 2.75) is 69.5 Å². The zero-order chi connectivity index (χ0) is 24.1. The Bertz CT molecular complexity index is 873. The molecule has 0 aromatic carbocycles. The molecule has 3 aliphatic rings. The fourth-order valence-electron chi connectivity index (χ4n) is 4.79. The van der Waals surface area contributed by atoms with Crippen LogP contribution in [0.15, 0.2) is 60.3 Å². The Kier molecular flexibility index (Phi) is 8.10. The topological polar surface area (TPSA) is 97.9 Å². The van der Waals surface area contributed by atoms with E-state index in [2.05, 4.69) is 26.8 Å². The van der Waals surface area contributed by atoms with Gasteiger partial charge in [-0.15, -0.1) is 0 Å². The molecule has 1 spiro atoms. The van der Waals surface area contributed by atoms with Gasteiger partial charge in [-0.2, -0.15) is 0 Å². The number of carboxylic acids is 1. The van der Waals surface area contributed by atoms with Gasteiger partial charge in [0.15, 0.2) is 0 Å². The van der Waals surface area contributed by atoms with Crippen molar-refractivity contribution in [3.63, 3.8) is 0 Å². The molecular weight excluding hydrogens is 424 g/mol. The monoisotopic (exact) mass is 458 g/mol. The Labute approximate surface area is 195 Å². The number of hydrogen-bond donors (Lipinski definition) is 1. The van der Waals surface area contributed by atoms with Gasteiger partial charge in [-0.1, -0.05) is 48.1 Å². The van der Waals surface area contributed by atoms with E-state index in [1.807, 2.05) is 0 Å². The smallest absolute Gasteiger partial charge is 0.331 e. The maximum Gasteiger partial charge on any atom is 0.331 e. The second kappa shape index (κ2) is 10.6.